The highest BCUT2D eigenvalue weighted by atomic mass is 16.3. The zero-order chi connectivity index (χ0) is 32.1. The van der Waals surface area contributed by atoms with Gasteiger partial charge in [0.15, 0.2) is 0 Å². The van der Waals surface area contributed by atoms with Gasteiger partial charge in [-0.15, -0.1) is 0 Å². The van der Waals surface area contributed by atoms with E-state index in [2.05, 4.69) is 13.8 Å². The first-order chi connectivity index (χ1) is 20.7. The third kappa shape index (κ3) is 23.9. The van der Waals surface area contributed by atoms with Crippen LogP contribution in [0.5, 0.6) is 0 Å². The summed E-state index contributed by atoms with van der Waals surface area (Å²) in [6, 6.07) is 0. The van der Waals surface area contributed by atoms with Gasteiger partial charge in [-0.25, -0.2) is 0 Å². The SMILES string of the molecule is CCCCCCCCCCCCCCCCC(O)(CC(O)(CCCCCCCCCCCCCCCC)C(N)=O)C(N)=O. The summed E-state index contributed by atoms with van der Waals surface area (Å²) in [5, 5.41) is 22.1. The van der Waals surface area contributed by atoms with Crippen molar-refractivity contribution in [3.63, 3.8) is 0 Å². The van der Waals surface area contributed by atoms with Crippen LogP contribution in [-0.4, -0.2) is 33.2 Å². The molecular formula is C37H74N2O4. The molecule has 0 radical (unpaired) electrons. The Morgan fingerprint density at radius 3 is 0.767 bits per heavy atom. The highest BCUT2D eigenvalue weighted by molar-refractivity contribution is 5.87. The van der Waals surface area contributed by atoms with E-state index in [0.717, 1.165) is 38.5 Å². The standard InChI is InChI=1S/C37H74N2O4/c1-3-5-7-9-11-13-15-17-19-21-23-25-27-29-31-36(42,34(38)40)33-37(43,35(39)41)32-30-28-26-24-22-20-18-16-14-12-10-8-6-4-2/h42-43H,3-33H2,1-2H3,(H2,38,40)(H2,39,41). The van der Waals surface area contributed by atoms with E-state index in [-0.39, 0.29) is 12.8 Å². The molecule has 0 saturated heterocycles. The number of hydrogen-bond donors (Lipinski definition) is 4. The third-order valence-corrected chi connectivity index (χ3v) is 9.39. The average molecular weight is 611 g/mol. The van der Waals surface area contributed by atoms with Gasteiger partial charge in [0.25, 0.3) is 0 Å². The Bertz CT molecular complexity index is 605. The molecule has 6 nitrogen and oxygen atoms in total. The van der Waals surface area contributed by atoms with Crippen molar-refractivity contribution in [3.05, 3.63) is 0 Å². The molecule has 0 aliphatic heterocycles. The van der Waals surface area contributed by atoms with E-state index in [0.29, 0.717) is 12.8 Å². The van der Waals surface area contributed by atoms with Gasteiger partial charge in [-0.05, 0) is 12.8 Å². The Labute approximate surface area is 266 Å². The van der Waals surface area contributed by atoms with Gasteiger partial charge in [0, 0.05) is 6.42 Å². The molecule has 0 saturated carbocycles. The monoisotopic (exact) mass is 611 g/mol. The number of rotatable bonds is 34. The van der Waals surface area contributed by atoms with Crippen LogP contribution in [0.15, 0.2) is 0 Å². The molecule has 0 aromatic rings. The van der Waals surface area contributed by atoms with Gasteiger partial charge in [0.1, 0.15) is 11.2 Å². The molecule has 256 valence electrons. The lowest BCUT2D eigenvalue weighted by atomic mass is 9.79. The van der Waals surface area contributed by atoms with E-state index >= 15 is 0 Å². The Morgan fingerprint density at radius 1 is 0.395 bits per heavy atom. The minimum Gasteiger partial charge on any atom is -0.380 e. The van der Waals surface area contributed by atoms with Crippen LogP contribution in [0.25, 0.3) is 0 Å². The molecule has 6 N–H and O–H groups in total. The number of aliphatic hydroxyl groups is 2. The number of hydrogen-bond acceptors (Lipinski definition) is 4. The van der Waals surface area contributed by atoms with Crippen molar-refractivity contribution in [2.24, 2.45) is 11.5 Å². The van der Waals surface area contributed by atoms with Crippen LogP contribution in [0, 0.1) is 0 Å². The van der Waals surface area contributed by atoms with E-state index in [1.54, 1.807) is 0 Å². The molecule has 6 heteroatoms. The fourth-order valence-electron chi connectivity index (χ4n) is 6.31. The quantitative estimate of drug-likeness (QED) is 0.0541. The van der Waals surface area contributed by atoms with Gasteiger partial charge in [0.2, 0.25) is 11.8 Å². The number of carbonyl (C=O) groups is 2. The molecule has 0 fully saturated rings. The summed E-state index contributed by atoms with van der Waals surface area (Å²) in [6.07, 6.45) is 33.8. The van der Waals surface area contributed by atoms with Crippen molar-refractivity contribution in [1.82, 2.24) is 0 Å². The number of amides is 2. The predicted molar refractivity (Wildman–Crippen MR) is 183 cm³/mol. The van der Waals surface area contributed by atoms with Gasteiger partial charge >= 0.3 is 0 Å². The summed E-state index contributed by atoms with van der Waals surface area (Å²) in [5.41, 5.74) is 7.28. The second-order valence-electron chi connectivity index (χ2n) is 13.7. The molecule has 0 rings (SSSR count). The smallest absolute Gasteiger partial charge is 0.249 e. The van der Waals surface area contributed by atoms with Gasteiger partial charge in [0.05, 0.1) is 0 Å². The van der Waals surface area contributed by atoms with E-state index in [1.807, 2.05) is 0 Å². The molecule has 2 amide bonds. The number of unbranched alkanes of at least 4 members (excludes halogenated alkanes) is 26. The van der Waals surface area contributed by atoms with E-state index in [4.69, 9.17) is 11.5 Å². The van der Waals surface area contributed by atoms with Gasteiger partial charge in [-0.3, -0.25) is 9.59 Å². The van der Waals surface area contributed by atoms with Crippen molar-refractivity contribution in [1.29, 1.82) is 0 Å². The van der Waals surface area contributed by atoms with Crippen LogP contribution in [0.4, 0.5) is 0 Å². The van der Waals surface area contributed by atoms with Gasteiger partial charge in [-0.1, -0.05) is 194 Å². The Hall–Kier alpha value is -1.14. The minimum atomic E-state index is -1.92. The van der Waals surface area contributed by atoms with Crippen LogP contribution in [-0.2, 0) is 9.59 Å². The second kappa shape index (κ2) is 28.3. The molecule has 2 atom stereocenters. The predicted octanol–water partition coefficient (Wildman–Crippen LogP) is 9.55. The Morgan fingerprint density at radius 2 is 0.581 bits per heavy atom. The molecule has 0 aromatic carbocycles. The Balaban J connectivity index is 4.09. The topological polar surface area (TPSA) is 127 Å². The first-order valence-electron chi connectivity index (χ1n) is 18.8. The molecule has 0 spiro atoms. The summed E-state index contributed by atoms with van der Waals surface area (Å²) >= 11 is 0. The largest absolute Gasteiger partial charge is 0.380 e. The van der Waals surface area contributed by atoms with Gasteiger partial charge in [-0.2, -0.15) is 0 Å². The minimum absolute atomic E-state index is 0.148. The van der Waals surface area contributed by atoms with Gasteiger partial charge < -0.3 is 21.7 Å². The fraction of sp³-hybridized carbons (Fsp3) is 0.946. The van der Waals surface area contributed by atoms with Crippen LogP contribution in [0.1, 0.15) is 213 Å². The zero-order valence-electron chi connectivity index (χ0n) is 28.8. The summed E-state index contributed by atoms with van der Waals surface area (Å²) in [6.45, 7) is 4.51. The number of primary amides is 2. The zero-order valence-corrected chi connectivity index (χ0v) is 28.8. The van der Waals surface area contributed by atoms with E-state index in [9.17, 15) is 19.8 Å². The molecule has 2 unspecified atom stereocenters. The summed E-state index contributed by atoms with van der Waals surface area (Å²) in [5.74, 6) is -1.77. The molecule has 0 aliphatic rings. The summed E-state index contributed by atoms with van der Waals surface area (Å²) in [7, 11) is 0. The summed E-state index contributed by atoms with van der Waals surface area (Å²) in [4.78, 5) is 24.4. The maximum absolute atomic E-state index is 12.2. The highest BCUT2D eigenvalue weighted by Gasteiger charge is 2.45. The van der Waals surface area contributed by atoms with Crippen LogP contribution >= 0.6 is 0 Å². The first-order valence-corrected chi connectivity index (χ1v) is 18.8. The van der Waals surface area contributed by atoms with Crippen molar-refractivity contribution >= 4 is 11.8 Å². The van der Waals surface area contributed by atoms with Crippen molar-refractivity contribution in [2.45, 2.75) is 224 Å². The third-order valence-electron chi connectivity index (χ3n) is 9.39. The maximum atomic E-state index is 12.2. The van der Waals surface area contributed by atoms with Crippen molar-refractivity contribution in [2.75, 3.05) is 0 Å². The number of nitrogens with two attached hydrogens (primary N) is 2. The van der Waals surface area contributed by atoms with Crippen molar-refractivity contribution in [3.8, 4) is 0 Å². The molecular weight excluding hydrogens is 536 g/mol. The fourth-order valence-corrected chi connectivity index (χ4v) is 6.31. The lowest BCUT2D eigenvalue weighted by Crippen LogP contribution is -2.55. The molecule has 43 heavy (non-hydrogen) atoms. The van der Waals surface area contributed by atoms with Crippen LogP contribution in [0.2, 0.25) is 0 Å². The highest BCUT2D eigenvalue weighted by Crippen LogP contribution is 2.30. The normalized spacial score (nSPS) is 14.4. The maximum Gasteiger partial charge on any atom is 0.249 e. The Kier molecular flexibility index (Phi) is 27.6. The first kappa shape index (κ1) is 41.9. The lowest BCUT2D eigenvalue weighted by molar-refractivity contribution is -0.154. The van der Waals surface area contributed by atoms with E-state index < -0.39 is 29.4 Å². The lowest BCUT2D eigenvalue weighted by Gasteiger charge is -2.33. The summed E-state index contributed by atoms with van der Waals surface area (Å²) < 4.78 is 0. The van der Waals surface area contributed by atoms with Crippen molar-refractivity contribution < 1.29 is 19.8 Å². The average Bonchev–Trinajstić information content (AvgIpc) is 2.97. The number of carbonyl (C=O) groups excluding carboxylic acids is 2. The van der Waals surface area contributed by atoms with Crippen LogP contribution in [0.3, 0.4) is 0 Å². The molecule has 0 aromatic heterocycles. The van der Waals surface area contributed by atoms with E-state index in [1.165, 1.54) is 128 Å². The molecule has 0 aliphatic carbocycles. The molecule has 0 heterocycles. The van der Waals surface area contributed by atoms with Crippen LogP contribution < -0.4 is 11.5 Å². The molecule has 0 bridgehead atoms. The second-order valence-corrected chi connectivity index (χ2v) is 13.7.